The van der Waals surface area contributed by atoms with Gasteiger partial charge in [0.15, 0.2) is 0 Å². The molecule has 0 bridgehead atoms. The number of hydrogen-bond acceptors (Lipinski definition) is 2. The van der Waals surface area contributed by atoms with Gasteiger partial charge < -0.3 is 10.1 Å². The van der Waals surface area contributed by atoms with Crippen LogP contribution in [-0.2, 0) is 5.41 Å². The topological polar surface area (TPSA) is 21.3 Å². The highest BCUT2D eigenvalue weighted by atomic mass is 16.5. The fraction of sp³-hybridized carbons (Fsp3) is 0.647. The molecule has 0 saturated heterocycles. The Morgan fingerprint density at radius 2 is 1.89 bits per heavy atom. The van der Waals surface area contributed by atoms with Crippen molar-refractivity contribution in [2.75, 3.05) is 19.7 Å². The molecule has 19 heavy (non-hydrogen) atoms. The van der Waals surface area contributed by atoms with E-state index in [2.05, 4.69) is 58.1 Å². The standard InChI is InChI=1S/C17H29NO/c1-6-18-11-7-8-12-19-16-10-9-14(2)13-15(16)17(3,4)5/h9-10,13,18H,6-8,11-12H2,1-5H3. The normalized spacial score (nSPS) is 11.6. The van der Waals surface area contributed by atoms with Crippen molar-refractivity contribution < 1.29 is 4.74 Å². The van der Waals surface area contributed by atoms with Crippen LogP contribution >= 0.6 is 0 Å². The first-order valence-electron chi connectivity index (χ1n) is 7.40. The second kappa shape index (κ2) is 7.54. The van der Waals surface area contributed by atoms with Gasteiger partial charge in [-0.05, 0) is 49.9 Å². The number of rotatable bonds is 7. The summed E-state index contributed by atoms with van der Waals surface area (Å²) in [6.45, 7) is 13.9. The van der Waals surface area contributed by atoms with Crippen molar-refractivity contribution in [2.24, 2.45) is 0 Å². The highest BCUT2D eigenvalue weighted by Gasteiger charge is 2.18. The smallest absolute Gasteiger partial charge is 0.123 e. The van der Waals surface area contributed by atoms with Gasteiger partial charge in [0.1, 0.15) is 5.75 Å². The van der Waals surface area contributed by atoms with Crippen molar-refractivity contribution in [3.63, 3.8) is 0 Å². The summed E-state index contributed by atoms with van der Waals surface area (Å²) in [5.74, 6) is 1.04. The molecular weight excluding hydrogens is 234 g/mol. The molecule has 1 aromatic carbocycles. The maximum absolute atomic E-state index is 5.97. The summed E-state index contributed by atoms with van der Waals surface area (Å²) in [5, 5.41) is 3.33. The maximum Gasteiger partial charge on any atom is 0.123 e. The molecule has 2 nitrogen and oxygen atoms in total. The van der Waals surface area contributed by atoms with Gasteiger partial charge in [0, 0.05) is 0 Å². The molecule has 0 saturated carbocycles. The van der Waals surface area contributed by atoms with Crippen molar-refractivity contribution >= 4 is 0 Å². The molecule has 0 aliphatic rings. The van der Waals surface area contributed by atoms with Crippen LogP contribution in [0.1, 0.15) is 51.7 Å². The molecule has 0 aliphatic carbocycles. The van der Waals surface area contributed by atoms with Crippen LogP contribution in [0.25, 0.3) is 0 Å². The molecule has 0 unspecified atom stereocenters. The molecule has 2 heteroatoms. The third kappa shape index (κ3) is 5.65. The Morgan fingerprint density at radius 1 is 1.16 bits per heavy atom. The van der Waals surface area contributed by atoms with Gasteiger partial charge in [-0.25, -0.2) is 0 Å². The molecule has 0 amide bonds. The zero-order valence-corrected chi connectivity index (χ0v) is 13.2. The average molecular weight is 263 g/mol. The summed E-state index contributed by atoms with van der Waals surface area (Å²) >= 11 is 0. The fourth-order valence-electron chi connectivity index (χ4n) is 2.07. The summed E-state index contributed by atoms with van der Waals surface area (Å²) in [4.78, 5) is 0. The van der Waals surface area contributed by atoms with E-state index in [9.17, 15) is 0 Å². The van der Waals surface area contributed by atoms with E-state index < -0.39 is 0 Å². The van der Waals surface area contributed by atoms with Gasteiger partial charge in [-0.3, -0.25) is 0 Å². The largest absolute Gasteiger partial charge is 0.493 e. The highest BCUT2D eigenvalue weighted by Crippen LogP contribution is 2.32. The van der Waals surface area contributed by atoms with Crippen LogP contribution < -0.4 is 10.1 Å². The Kier molecular flexibility index (Phi) is 6.36. The molecule has 1 N–H and O–H groups in total. The number of nitrogens with one attached hydrogen (secondary N) is 1. The van der Waals surface area contributed by atoms with Gasteiger partial charge >= 0.3 is 0 Å². The van der Waals surface area contributed by atoms with Crippen LogP contribution in [0.5, 0.6) is 5.75 Å². The minimum Gasteiger partial charge on any atom is -0.493 e. The SMILES string of the molecule is CCNCCCCOc1ccc(C)cc1C(C)(C)C. The lowest BCUT2D eigenvalue weighted by Gasteiger charge is -2.23. The predicted molar refractivity (Wildman–Crippen MR) is 83.2 cm³/mol. The summed E-state index contributed by atoms with van der Waals surface area (Å²) in [6, 6.07) is 6.48. The summed E-state index contributed by atoms with van der Waals surface area (Å²) < 4.78 is 5.97. The molecule has 0 atom stereocenters. The Hall–Kier alpha value is -1.02. The van der Waals surface area contributed by atoms with Crippen LogP contribution in [0.15, 0.2) is 18.2 Å². The molecule has 1 aromatic rings. The van der Waals surface area contributed by atoms with E-state index in [1.807, 2.05) is 0 Å². The average Bonchev–Trinajstić information content (AvgIpc) is 2.34. The number of benzene rings is 1. The van der Waals surface area contributed by atoms with Crippen molar-refractivity contribution in [3.05, 3.63) is 29.3 Å². The third-order valence-corrected chi connectivity index (χ3v) is 3.20. The molecule has 0 radical (unpaired) electrons. The van der Waals surface area contributed by atoms with E-state index in [4.69, 9.17) is 4.74 Å². The number of ether oxygens (including phenoxy) is 1. The van der Waals surface area contributed by atoms with Crippen LogP contribution in [0.4, 0.5) is 0 Å². The van der Waals surface area contributed by atoms with E-state index in [1.54, 1.807) is 0 Å². The Bertz CT molecular complexity index is 379. The van der Waals surface area contributed by atoms with Crippen molar-refractivity contribution in [1.82, 2.24) is 5.32 Å². The number of unbranched alkanes of at least 4 members (excludes halogenated alkanes) is 1. The van der Waals surface area contributed by atoms with Gasteiger partial charge in [-0.1, -0.05) is 45.4 Å². The van der Waals surface area contributed by atoms with E-state index in [0.29, 0.717) is 0 Å². The van der Waals surface area contributed by atoms with Gasteiger partial charge in [-0.2, -0.15) is 0 Å². The zero-order valence-electron chi connectivity index (χ0n) is 13.2. The molecule has 0 spiro atoms. The van der Waals surface area contributed by atoms with Crippen LogP contribution in [0.3, 0.4) is 0 Å². The van der Waals surface area contributed by atoms with E-state index >= 15 is 0 Å². The molecule has 0 fully saturated rings. The fourth-order valence-corrected chi connectivity index (χ4v) is 2.07. The summed E-state index contributed by atoms with van der Waals surface area (Å²) in [6.07, 6.45) is 2.27. The molecule has 1 rings (SSSR count). The van der Waals surface area contributed by atoms with Crippen LogP contribution in [0.2, 0.25) is 0 Å². The molecule has 108 valence electrons. The minimum absolute atomic E-state index is 0.130. The number of aryl methyl sites for hydroxylation is 1. The lowest BCUT2D eigenvalue weighted by molar-refractivity contribution is 0.298. The van der Waals surface area contributed by atoms with E-state index in [0.717, 1.165) is 31.9 Å². The Labute approximate surface area is 118 Å². The molecular formula is C17H29NO. The van der Waals surface area contributed by atoms with E-state index in [1.165, 1.54) is 17.5 Å². The van der Waals surface area contributed by atoms with Gasteiger partial charge in [0.25, 0.3) is 0 Å². The minimum atomic E-state index is 0.130. The third-order valence-electron chi connectivity index (χ3n) is 3.20. The van der Waals surface area contributed by atoms with Crippen molar-refractivity contribution in [1.29, 1.82) is 0 Å². The zero-order chi connectivity index (χ0) is 14.3. The Balaban J connectivity index is 2.54. The first-order valence-corrected chi connectivity index (χ1v) is 7.40. The van der Waals surface area contributed by atoms with Crippen LogP contribution in [-0.4, -0.2) is 19.7 Å². The van der Waals surface area contributed by atoms with Gasteiger partial charge in [-0.15, -0.1) is 0 Å². The molecule has 0 heterocycles. The summed E-state index contributed by atoms with van der Waals surface area (Å²) in [7, 11) is 0. The lowest BCUT2D eigenvalue weighted by Crippen LogP contribution is -2.16. The quantitative estimate of drug-likeness (QED) is 0.749. The lowest BCUT2D eigenvalue weighted by atomic mass is 9.85. The second-order valence-electron chi connectivity index (χ2n) is 6.16. The highest BCUT2D eigenvalue weighted by molar-refractivity contribution is 5.41. The van der Waals surface area contributed by atoms with Crippen molar-refractivity contribution in [3.8, 4) is 5.75 Å². The molecule has 0 aliphatic heterocycles. The van der Waals surface area contributed by atoms with Gasteiger partial charge in [0.05, 0.1) is 6.61 Å². The van der Waals surface area contributed by atoms with Crippen LogP contribution in [0, 0.1) is 6.92 Å². The number of hydrogen-bond donors (Lipinski definition) is 1. The van der Waals surface area contributed by atoms with Gasteiger partial charge in [0.2, 0.25) is 0 Å². The van der Waals surface area contributed by atoms with E-state index in [-0.39, 0.29) is 5.41 Å². The first kappa shape index (κ1) is 16.0. The first-order chi connectivity index (χ1) is 8.95. The molecule has 0 aromatic heterocycles. The monoisotopic (exact) mass is 263 g/mol. The Morgan fingerprint density at radius 3 is 2.53 bits per heavy atom. The maximum atomic E-state index is 5.97. The predicted octanol–water partition coefficient (Wildman–Crippen LogP) is 4.06. The van der Waals surface area contributed by atoms with Crippen molar-refractivity contribution in [2.45, 2.75) is 52.9 Å². The summed E-state index contributed by atoms with van der Waals surface area (Å²) in [5.41, 5.74) is 2.73. The second-order valence-corrected chi connectivity index (χ2v) is 6.16.